The lowest BCUT2D eigenvalue weighted by molar-refractivity contribution is 0.345. The lowest BCUT2D eigenvalue weighted by Gasteiger charge is -2.25. The van der Waals surface area contributed by atoms with Crippen molar-refractivity contribution in [2.45, 2.75) is 37.6 Å². The third-order valence-corrected chi connectivity index (χ3v) is 4.36. The van der Waals surface area contributed by atoms with Gasteiger partial charge < -0.3 is 5.32 Å². The van der Waals surface area contributed by atoms with E-state index in [1.54, 1.807) is 6.07 Å². The summed E-state index contributed by atoms with van der Waals surface area (Å²) in [6.07, 6.45) is 4.65. The third-order valence-electron chi connectivity index (χ3n) is 3.46. The number of hydrogen-bond donors (Lipinski definition) is 1. The van der Waals surface area contributed by atoms with Gasteiger partial charge in [0, 0.05) is 16.4 Å². The molecule has 0 saturated heterocycles. The van der Waals surface area contributed by atoms with Crippen molar-refractivity contribution < 1.29 is 4.39 Å². The Hall–Kier alpha value is -0.120. The Balaban J connectivity index is 1.74. The normalized spacial score (nSPS) is 24.2. The Morgan fingerprint density at radius 2 is 1.94 bits per heavy atom. The molecule has 0 aromatic heterocycles. The number of rotatable bonds is 4. The van der Waals surface area contributed by atoms with Gasteiger partial charge in [-0.25, -0.2) is 4.39 Å². The molecule has 1 nitrogen and oxygen atoms in total. The van der Waals surface area contributed by atoms with E-state index < -0.39 is 0 Å². The van der Waals surface area contributed by atoms with E-state index in [9.17, 15) is 4.39 Å². The van der Waals surface area contributed by atoms with Crippen LogP contribution >= 0.6 is 27.5 Å². The molecule has 0 spiro atoms. The quantitative estimate of drug-likeness (QED) is 0.801. The lowest BCUT2D eigenvalue weighted by Crippen LogP contribution is -2.26. The predicted octanol–water partition coefficient (Wildman–Crippen LogP) is 4.48. The van der Waals surface area contributed by atoms with Crippen LogP contribution in [0.15, 0.2) is 22.7 Å². The fourth-order valence-electron chi connectivity index (χ4n) is 2.46. The van der Waals surface area contributed by atoms with Gasteiger partial charge >= 0.3 is 0 Å². The van der Waals surface area contributed by atoms with Crippen LogP contribution in [0, 0.1) is 11.7 Å². The first kappa shape index (κ1) is 14.3. The molecule has 0 atom stereocenters. The molecule has 0 aliphatic heterocycles. The zero-order chi connectivity index (χ0) is 13.0. The van der Waals surface area contributed by atoms with Crippen LogP contribution < -0.4 is 5.32 Å². The summed E-state index contributed by atoms with van der Waals surface area (Å²) < 4.78 is 14.0. The molecule has 0 bridgehead atoms. The van der Waals surface area contributed by atoms with E-state index in [1.807, 2.05) is 6.07 Å². The van der Waals surface area contributed by atoms with E-state index in [4.69, 9.17) is 11.6 Å². The topological polar surface area (TPSA) is 12.0 Å². The zero-order valence-corrected chi connectivity index (χ0v) is 12.6. The molecule has 1 aromatic carbocycles. The van der Waals surface area contributed by atoms with Gasteiger partial charge in [-0.3, -0.25) is 0 Å². The second-order valence-corrected chi connectivity index (χ2v) is 6.56. The third kappa shape index (κ3) is 4.52. The van der Waals surface area contributed by atoms with E-state index >= 15 is 0 Å². The molecule has 1 N–H and O–H groups in total. The average molecular weight is 335 g/mol. The number of alkyl halides is 1. The van der Waals surface area contributed by atoms with Gasteiger partial charge in [0.25, 0.3) is 0 Å². The predicted molar refractivity (Wildman–Crippen MR) is 77.4 cm³/mol. The maximum absolute atomic E-state index is 13.2. The highest BCUT2D eigenvalue weighted by Crippen LogP contribution is 2.27. The average Bonchev–Trinajstić information content (AvgIpc) is 2.30. The Kier molecular flexibility index (Phi) is 5.46. The van der Waals surface area contributed by atoms with Crippen molar-refractivity contribution in [1.29, 1.82) is 0 Å². The van der Waals surface area contributed by atoms with Gasteiger partial charge in [-0.1, -0.05) is 15.9 Å². The monoisotopic (exact) mass is 333 g/mol. The van der Waals surface area contributed by atoms with Crippen LogP contribution in [0.2, 0.25) is 0 Å². The second-order valence-electron chi connectivity index (χ2n) is 5.03. The minimum absolute atomic E-state index is 0.191. The van der Waals surface area contributed by atoms with Gasteiger partial charge in [-0.05, 0) is 61.9 Å². The van der Waals surface area contributed by atoms with Gasteiger partial charge in [0.1, 0.15) is 5.82 Å². The first-order valence-corrected chi connectivity index (χ1v) is 7.66. The Bertz CT molecular complexity index is 371. The van der Waals surface area contributed by atoms with Crippen LogP contribution in [0.25, 0.3) is 0 Å². The summed E-state index contributed by atoms with van der Waals surface area (Å²) in [6, 6.07) is 5.00. The fourth-order valence-corrected chi connectivity index (χ4v) is 3.22. The van der Waals surface area contributed by atoms with E-state index in [2.05, 4.69) is 21.2 Å². The van der Waals surface area contributed by atoms with Crippen LogP contribution in [0.3, 0.4) is 0 Å². The Morgan fingerprint density at radius 3 is 2.61 bits per heavy atom. The minimum atomic E-state index is -0.191. The first-order chi connectivity index (χ1) is 8.63. The van der Waals surface area contributed by atoms with Gasteiger partial charge in [0.2, 0.25) is 0 Å². The zero-order valence-electron chi connectivity index (χ0n) is 10.3. The fraction of sp³-hybridized carbons (Fsp3) is 0.571. The van der Waals surface area contributed by atoms with Crippen LogP contribution in [0.1, 0.15) is 31.2 Å². The van der Waals surface area contributed by atoms with E-state index in [0.717, 1.165) is 41.9 Å². The number of halogens is 3. The van der Waals surface area contributed by atoms with Gasteiger partial charge in [-0.15, -0.1) is 11.6 Å². The molecule has 2 rings (SSSR count). The molecular weight excluding hydrogens is 317 g/mol. The summed E-state index contributed by atoms with van der Waals surface area (Å²) in [4.78, 5) is 0. The van der Waals surface area contributed by atoms with Crippen molar-refractivity contribution in [2.24, 2.45) is 5.92 Å². The van der Waals surface area contributed by atoms with Crippen molar-refractivity contribution in [3.05, 3.63) is 34.1 Å². The van der Waals surface area contributed by atoms with Crippen LogP contribution in [-0.2, 0) is 6.54 Å². The Labute approximate surface area is 121 Å². The molecule has 0 heterocycles. The molecule has 1 fully saturated rings. The SMILES string of the molecule is Fc1cc(Br)cc(CNCC2CCC(Cl)CC2)c1. The highest BCUT2D eigenvalue weighted by atomic mass is 79.9. The summed E-state index contributed by atoms with van der Waals surface area (Å²) in [7, 11) is 0. The molecule has 4 heteroatoms. The highest BCUT2D eigenvalue weighted by molar-refractivity contribution is 9.10. The van der Waals surface area contributed by atoms with Crippen LogP contribution in [0.5, 0.6) is 0 Å². The number of hydrogen-bond acceptors (Lipinski definition) is 1. The van der Waals surface area contributed by atoms with Crippen molar-refractivity contribution in [1.82, 2.24) is 5.32 Å². The molecule has 0 amide bonds. The van der Waals surface area contributed by atoms with Crippen molar-refractivity contribution >= 4 is 27.5 Å². The van der Waals surface area contributed by atoms with E-state index in [0.29, 0.717) is 5.38 Å². The van der Waals surface area contributed by atoms with E-state index in [-0.39, 0.29) is 5.82 Å². The molecular formula is C14H18BrClFN. The van der Waals surface area contributed by atoms with Crippen molar-refractivity contribution in [2.75, 3.05) is 6.54 Å². The van der Waals surface area contributed by atoms with Crippen molar-refractivity contribution in [3.8, 4) is 0 Å². The summed E-state index contributed by atoms with van der Waals surface area (Å²) in [5, 5.41) is 3.79. The molecule has 100 valence electrons. The largest absolute Gasteiger partial charge is 0.312 e. The van der Waals surface area contributed by atoms with E-state index in [1.165, 1.54) is 18.9 Å². The molecule has 18 heavy (non-hydrogen) atoms. The first-order valence-electron chi connectivity index (χ1n) is 6.43. The molecule has 1 aliphatic carbocycles. The second kappa shape index (κ2) is 6.88. The molecule has 1 saturated carbocycles. The maximum atomic E-state index is 13.2. The highest BCUT2D eigenvalue weighted by Gasteiger charge is 2.18. The smallest absolute Gasteiger partial charge is 0.124 e. The molecule has 0 unspecified atom stereocenters. The van der Waals surface area contributed by atoms with Crippen LogP contribution in [-0.4, -0.2) is 11.9 Å². The lowest BCUT2D eigenvalue weighted by atomic mass is 9.89. The Morgan fingerprint density at radius 1 is 1.22 bits per heavy atom. The maximum Gasteiger partial charge on any atom is 0.124 e. The number of benzene rings is 1. The van der Waals surface area contributed by atoms with Gasteiger partial charge in [0.05, 0.1) is 0 Å². The molecule has 0 radical (unpaired) electrons. The summed E-state index contributed by atoms with van der Waals surface area (Å²) in [5.74, 6) is 0.529. The molecule has 1 aliphatic rings. The summed E-state index contributed by atoms with van der Waals surface area (Å²) in [6.45, 7) is 1.72. The summed E-state index contributed by atoms with van der Waals surface area (Å²) in [5.41, 5.74) is 0.980. The minimum Gasteiger partial charge on any atom is -0.312 e. The standard InChI is InChI=1S/C14H18BrClFN/c15-12-5-11(6-14(17)7-12)9-18-8-10-1-3-13(16)4-2-10/h5-7,10,13,18H,1-4,8-9H2. The van der Waals surface area contributed by atoms with Crippen LogP contribution in [0.4, 0.5) is 4.39 Å². The van der Waals surface area contributed by atoms with Gasteiger partial charge in [-0.2, -0.15) is 0 Å². The van der Waals surface area contributed by atoms with Gasteiger partial charge in [0.15, 0.2) is 0 Å². The molecule has 1 aromatic rings. The number of nitrogens with one attached hydrogen (secondary N) is 1. The van der Waals surface area contributed by atoms with Crippen molar-refractivity contribution in [3.63, 3.8) is 0 Å². The summed E-state index contributed by atoms with van der Waals surface area (Å²) >= 11 is 9.39.